The Kier molecular flexibility index (Phi) is 5.10. The van der Waals surface area contributed by atoms with Crippen molar-refractivity contribution in [3.8, 4) is 0 Å². The van der Waals surface area contributed by atoms with Crippen molar-refractivity contribution < 1.29 is 17.7 Å². The molecule has 1 amide bonds. The average Bonchev–Trinajstić information content (AvgIpc) is 2.82. The number of hydrogen-bond donors (Lipinski definition) is 1. The molecule has 1 N–H and O–H groups in total. The predicted molar refractivity (Wildman–Crippen MR) is 90.3 cm³/mol. The van der Waals surface area contributed by atoms with Crippen LogP contribution in [0.1, 0.15) is 22.6 Å². The summed E-state index contributed by atoms with van der Waals surface area (Å²) in [7, 11) is -2.49. The van der Waals surface area contributed by atoms with Crippen LogP contribution in [0.3, 0.4) is 0 Å². The fourth-order valence-electron chi connectivity index (χ4n) is 2.31. The second kappa shape index (κ2) is 6.74. The van der Waals surface area contributed by atoms with E-state index in [1.54, 1.807) is 13.0 Å². The second-order valence-electron chi connectivity index (χ2n) is 5.76. The molecule has 0 spiro atoms. The number of aryl methyl sites for hydroxylation is 4. The monoisotopic (exact) mass is 351 g/mol. The van der Waals surface area contributed by atoms with E-state index >= 15 is 0 Å². The molecule has 130 valence electrons. The number of hydrogen-bond acceptors (Lipinski definition) is 5. The molecule has 0 fully saturated rings. The van der Waals surface area contributed by atoms with E-state index in [9.17, 15) is 13.2 Å². The predicted octanol–water partition coefficient (Wildman–Crippen LogP) is 2.17. The molecule has 0 saturated carbocycles. The van der Waals surface area contributed by atoms with Gasteiger partial charge in [0.05, 0.1) is 6.54 Å². The minimum atomic E-state index is -3.84. The number of amides is 1. The van der Waals surface area contributed by atoms with Crippen molar-refractivity contribution in [2.24, 2.45) is 0 Å². The zero-order valence-corrected chi connectivity index (χ0v) is 15.2. The first kappa shape index (κ1) is 18.2. The van der Waals surface area contributed by atoms with Gasteiger partial charge in [-0.2, -0.15) is 4.31 Å². The Morgan fingerprint density at radius 3 is 2.42 bits per heavy atom. The summed E-state index contributed by atoms with van der Waals surface area (Å²) in [6.45, 7) is 6.69. The van der Waals surface area contributed by atoms with E-state index in [2.05, 4.69) is 10.5 Å². The van der Waals surface area contributed by atoms with Gasteiger partial charge in [-0.25, -0.2) is 8.42 Å². The Morgan fingerprint density at radius 2 is 1.88 bits per heavy atom. The molecule has 1 aromatic heterocycles. The number of anilines is 1. The van der Waals surface area contributed by atoms with E-state index in [0.717, 1.165) is 15.4 Å². The summed E-state index contributed by atoms with van der Waals surface area (Å²) in [4.78, 5) is 12.2. The highest BCUT2D eigenvalue weighted by molar-refractivity contribution is 7.89. The first-order chi connectivity index (χ1) is 11.1. The van der Waals surface area contributed by atoms with Gasteiger partial charge < -0.3 is 9.84 Å². The van der Waals surface area contributed by atoms with E-state index in [1.165, 1.54) is 14.0 Å². The second-order valence-corrected chi connectivity index (χ2v) is 7.74. The number of aromatic nitrogens is 1. The number of benzene rings is 1. The molecule has 1 aromatic carbocycles. The van der Waals surface area contributed by atoms with Crippen LogP contribution in [0.5, 0.6) is 0 Å². The van der Waals surface area contributed by atoms with E-state index in [0.29, 0.717) is 5.69 Å². The van der Waals surface area contributed by atoms with Crippen LogP contribution in [-0.2, 0) is 14.8 Å². The zero-order chi connectivity index (χ0) is 18.1. The Balaban J connectivity index is 2.12. The van der Waals surface area contributed by atoms with Gasteiger partial charge in [0.1, 0.15) is 10.6 Å². The third-order valence-electron chi connectivity index (χ3n) is 3.79. The molecule has 24 heavy (non-hydrogen) atoms. The van der Waals surface area contributed by atoms with Crippen molar-refractivity contribution in [3.05, 3.63) is 40.8 Å². The molecule has 0 unspecified atom stereocenters. The quantitative estimate of drug-likeness (QED) is 0.891. The van der Waals surface area contributed by atoms with Crippen LogP contribution in [0.15, 0.2) is 27.6 Å². The largest absolute Gasteiger partial charge is 0.360 e. The molecule has 0 aliphatic heterocycles. The minimum absolute atomic E-state index is 0.00369. The molecular weight excluding hydrogens is 330 g/mol. The van der Waals surface area contributed by atoms with E-state index in [1.807, 2.05) is 26.0 Å². The Hall–Kier alpha value is -2.19. The normalized spacial score (nSPS) is 11.8. The van der Waals surface area contributed by atoms with E-state index in [4.69, 9.17) is 4.52 Å². The van der Waals surface area contributed by atoms with Crippen LogP contribution >= 0.6 is 0 Å². The summed E-state index contributed by atoms with van der Waals surface area (Å²) in [5, 5.41) is 6.35. The summed E-state index contributed by atoms with van der Waals surface area (Å²) >= 11 is 0. The average molecular weight is 351 g/mol. The highest BCUT2D eigenvalue weighted by atomic mass is 32.2. The van der Waals surface area contributed by atoms with Crippen molar-refractivity contribution in [2.75, 3.05) is 18.9 Å². The standard InChI is InChI=1S/C16H21N3O4S/c1-10-6-7-14(8-11(10)2)17-15(20)9-19(5)24(21,22)16-12(3)18-23-13(16)4/h6-8H,9H2,1-5H3,(H,17,20). The molecule has 0 atom stereocenters. The first-order valence-electron chi connectivity index (χ1n) is 7.39. The molecule has 0 saturated heterocycles. The lowest BCUT2D eigenvalue weighted by atomic mass is 10.1. The Bertz CT molecular complexity index is 852. The molecule has 7 nitrogen and oxygen atoms in total. The molecular formula is C16H21N3O4S. The van der Waals surface area contributed by atoms with Gasteiger partial charge in [-0.15, -0.1) is 0 Å². The van der Waals surface area contributed by atoms with Crippen molar-refractivity contribution >= 4 is 21.6 Å². The maximum Gasteiger partial charge on any atom is 0.248 e. The van der Waals surface area contributed by atoms with Gasteiger partial charge >= 0.3 is 0 Å². The lowest BCUT2D eigenvalue weighted by molar-refractivity contribution is -0.116. The number of rotatable bonds is 5. The van der Waals surface area contributed by atoms with Crippen LogP contribution in [-0.4, -0.2) is 37.4 Å². The molecule has 0 aliphatic rings. The Morgan fingerprint density at radius 1 is 1.21 bits per heavy atom. The molecule has 0 radical (unpaired) electrons. The van der Waals surface area contributed by atoms with Gasteiger partial charge in [0.25, 0.3) is 0 Å². The van der Waals surface area contributed by atoms with Crippen LogP contribution in [0.4, 0.5) is 5.69 Å². The summed E-state index contributed by atoms with van der Waals surface area (Å²) in [5.74, 6) is -0.218. The van der Waals surface area contributed by atoms with Crippen molar-refractivity contribution in [3.63, 3.8) is 0 Å². The first-order valence-corrected chi connectivity index (χ1v) is 8.83. The van der Waals surface area contributed by atoms with Crippen molar-refractivity contribution in [2.45, 2.75) is 32.6 Å². The molecule has 1 heterocycles. The van der Waals surface area contributed by atoms with Gasteiger partial charge in [0.2, 0.25) is 15.9 Å². The molecule has 0 aliphatic carbocycles. The fraction of sp³-hybridized carbons (Fsp3) is 0.375. The summed E-state index contributed by atoms with van der Waals surface area (Å²) in [6, 6.07) is 5.52. The van der Waals surface area contributed by atoms with Gasteiger partial charge in [-0.05, 0) is 51.0 Å². The highest BCUT2D eigenvalue weighted by Crippen LogP contribution is 2.22. The molecule has 8 heteroatoms. The Labute approximate surface area is 141 Å². The molecule has 0 bridgehead atoms. The third kappa shape index (κ3) is 3.65. The maximum atomic E-state index is 12.6. The van der Waals surface area contributed by atoms with Crippen LogP contribution in [0.25, 0.3) is 0 Å². The lowest BCUT2D eigenvalue weighted by Gasteiger charge is -2.16. The number of likely N-dealkylation sites (N-methyl/N-ethyl adjacent to an activating group) is 1. The lowest BCUT2D eigenvalue weighted by Crippen LogP contribution is -2.35. The van der Waals surface area contributed by atoms with Crippen LogP contribution in [0.2, 0.25) is 0 Å². The van der Waals surface area contributed by atoms with Gasteiger partial charge in [0, 0.05) is 12.7 Å². The molecule has 2 rings (SSSR count). The zero-order valence-electron chi connectivity index (χ0n) is 14.4. The fourth-order valence-corrected chi connectivity index (χ4v) is 3.72. The van der Waals surface area contributed by atoms with Crippen molar-refractivity contribution in [1.29, 1.82) is 0 Å². The van der Waals surface area contributed by atoms with Gasteiger partial charge in [0.15, 0.2) is 5.76 Å². The van der Waals surface area contributed by atoms with E-state index < -0.39 is 15.9 Å². The topological polar surface area (TPSA) is 92.5 Å². The number of nitrogens with zero attached hydrogens (tertiary/aromatic N) is 2. The van der Waals surface area contributed by atoms with Crippen LogP contribution in [0, 0.1) is 27.7 Å². The maximum absolute atomic E-state index is 12.6. The number of sulfonamides is 1. The van der Waals surface area contributed by atoms with Crippen LogP contribution < -0.4 is 5.32 Å². The minimum Gasteiger partial charge on any atom is -0.360 e. The SMILES string of the molecule is Cc1ccc(NC(=O)CN(C)S(=O)(=O)c2c(C)noc2C)cc1C. The number of nitrogens with one attached hydrogen (secondary N) is 1. The highest BCUT2D eigenvalue weighted by Gasteiger charge is 2.29. The molecule has 2 aromatic rings. The van der Waals surface area contributed by atoms with E-state index in [-0.39, 0.29) is 22.9 Å². The van der Waals surface area contributed by atoms with Crippen molar-refractivity contribution in [1.82, 2.24) is 9.46 Å². The summed E-state index contributed by atoms with van der Waals surface area (Å²) in [6.07, 6.45) is 0. The van der Waals surface area contributed by atoms with Gasteiger partial charge in [-0.1, -0.05) is 11.2 Å². The third-order valence-corrected chi connectivity index (χ3v) is 5.84. The smallest absolute Gasteiger partial charge is 0.248 e. The number of carbonyl (C=O) groups excluding carboxylic acids is 1. The summed E-state index contributed by atoms with van der Waals surface area (Å²) in [5.41, 5.74) is 3.07. The van der Waals surface area contributed by atoms with Gasteiger partial charge in [-0.3, -0.25) is 4.79 Å². The summed E-state index contributed by atoms with van der Waals surface area (Å²) < 4.78 is 31.0. The number of carbonyl (C=O) groups is 1.